The summed E-state index contributed by atoms with van der Waals surface area (Å²) < 4.78 is 20.5. The van der Waals surface area contributed by atoms with Crippen LogP contribution in [0.25, 0.3) is 22.8 Å². The van der Waals surface area contributed by atoms with Gasteiger partial charge in [-0.2, -0.15) is 10.2 Å². The number of carbonyl (C=O) groups is 2. The van der Waals surface area contributed by atoms with Crippen molar-refractivity contribution in [3.8, 4) is 57.3 Å². The Hall–Kier alpha value is -6.70. The van der Waals surface area contributed by atoms with Crippen LogP contribution in [0.1, 0.15) is 85.5 Å². The molecule has 0 aliphatic heterocycles. The summed E-state index contributed by atoms with van der Waals surface area (Å²) in [7, 11) is 1.43. The third-order valence-corrected chi connectivity index (χ3v) is 8.50. The number of benzene rings is 2. The summed E-state index contributed by atoms with van der Waals surface area (Å²) in [6.45, 7) is 11.2. The number of carbonyl (C=O) groups excluding carboxylic acids is 2. The lowest BCUT2D eigenvalue weighted by Gasteiger charge is -2.16. The predicted octanol–water partition coefficient (Wildman–Crippen LogP) is 7.74. The molecule has 0 amide bonds. The number of phenolic OH excluding ortho intramolecular Hbond substituents is 3. The highest BCUT2D eigenvalue weighted by molar-refractivity contribution is 6.01. The van der Waals surface area contributed by atoms with Crippen LogP contribution in [0.2, 0.25) is 0 Å². The number of nitrogens with zero attached hydrogens (tertiary/aromatic N) is 6. The van der Waals surface area contributed by atoms with E-state index in [1.807, 2.05) is 53.5 Å². The molecule has 0 spiro atoms. The fraction of sp³-hybridized carbons (Fsp3) is 0.268. The lowest BCUT2D eigenvalue weighted by molar-refractivity contribution is 0.0996. The Morgan fingerprint density at radius 3 is 1.49 bits per heavy atom. The van der Waals surface area contributed by atoms with E-state index < -0.39 is 11.5 Å². The van der Waals surface area contributed by atoms with Crippen molar-refractivity contribution in [1.82, 2.24) is 29.5 Å². The maximum Gasteiger partial charge on any atom is 0.172 e. The van der Waals surface area contributed by atoms with Gasteiger partial charge in [-0.25, -0.2) is 0 Å². The Morgan fingerprint density at radius 1 is 0.618 bits per heavy atom. The van der Waals surface area contributed by atoms with Crippen molar-refractivity contribution in [2.45, 2.75) is 66.8 Å². The standard InChI is InChI=1S/C21H23N3O4.C20H21N3O4/c1-13(2)24-16(9-11-23-24)20-15(6-5-10-22-20)12-28-17-7-8-18(27-4)21(26)19(17)14(3)25;1-12(2)23-15(8-10-22-23)19-14(5-4-9-21-19)11-27-17-7-6-16(25)20(26)18(17)13(3)24/h5-11,13,26H,12H2,1-4H3;4-10,12,25-26H,11H2,1-3H3. The van der Waals surface area contributed by atoms with E-state index in [1.54, 1.807) is 43.0 Å². The minimum Gasteiger partial charge on any atom is -0.504 e. The van der Waals surface area contributed by atoms with Gasteiger partial charge in [-0.3, -0.25) is 28.9 Å². The third-order valence-electron chi connectivity index (χ3n) is 8.50. The quantitative estimate of drug-likeness (QED) is 0.0772. The monoisotopic (exact) mass is 748 g/mol. The number of hydrogen-bond donors (Lipinski definition) is 3. The van der Waals surface area contributed by atoms with E-state index in [4.69, 9.17) is 14.2 Å². The molecule has 4 heterocycles. The zero-order valence-electron chi connectivity index (χ0n) is 31.7. The third kappa shape index (κ3) is 8.75. The molecular weight excluding hydrogens is 704 g/mol. The summed E-state index contributed by atoms with van der Waals surface area (Å²) in [5.74, 6) is -1.07. The fourth-order valence-corrected chi connectivity index (χ4v) is 5.91. The maximum atomic E-state index is 12.0. The van der Waals surface area contributed by atoms with Crippen LogP contribution in [0.5, 0.6) is 34.5 Å². The summed E-state index contributed by atoms with van der Waals surface area (Å²) in [5, 5.41) is 38.6. The van der Waals surface area contributed by atoms with Crippen LogP contribution in [0.15, 0.2) is 85.5 Å². The first-order valence-corrected chi connectivity index (χ1v) is 17.5. The lowest BCUT2D eigenvalue weighted by Crippen LogP contribution is -2.08. The summed E-state index contributed by atoms with van der Waals surface area (Å²) in [5.41, 5.74) is 4.94. The summed E-state index contributed by atoms with van der Waals surface area (Å²) in [6.07, 6.45) is 6.88. The van der Waals surface area contributed by atoms with Crippen LogP contribution >= 0.6 is 0 Å². The molecule has 0 radical (unpaired) electrons. The first kappa shape index (κ1) is 39.5. The predicted molar refractivity (Wildman–Crippen MR) is 205 cm³/mol. The average molecular weight is 749 g/mol. The normalized spacial score (nSPS) is 10.9. The van der Waals surface area contributed by atoms with E-state index in [0.29, 0.717) is 0 Å². The molecule has 0 saturated heterocycles. The van der Waals surface area contributed by atoms with Gasteiger partial charge in [0.2, 0.25) is 0 Å². The van der Waals surface area contributed by atoms with Gasteiger partial charge in [0.15, 0.2) is 34.6 Å². The van der Waals surface area contributed by atoms with Crippen molar-refractivity contribution in [1.29, 1.82) is 0 Å². The van der Waals surface area contributed by atoms with Crippen LogP contribution in [0, 0.1) is 0 Å². The van der Waals surface area contributed by atoms with Gasteiger partial charge < -0.3 is 29.5 Å². The second-order valence-corrected chi connectivity index (χ2v) is 13.0. The fourth-order valence-electron chi connectivity index (χ4n) is 5.91. The van der Waals surface area contributed by atoms with E-state index in [2.05, 4.69) is 34.0 Å². The second kappa shape index (κ2) is 17.4. The highest BCUT2D eigenvalue weighted by atomic mass is 16.5. The van der Waals surface area contributed by atoms with Crippen LogP contribution < -0.4 is 14.2 Å². The van der Waals surface area contributed by atoms with Gasteiger partial charge in [-0.1, -0.05) is 12.1 Å². The number of methoxy groups -OCH3 is 1. The van der Waals surface area contributed by atoms with E-state index in [1.165, 1.54) is 33.1 Å². The zero-order chi connectivity index (χ0) is 39.8. The van der Waals surface area contributed by atoms with E-state index in [0.717, 1.165) is 33.9 Å². The molecule has 0 atom stereocenters. The van der Waals surface area contributed by atoms with Gasteiger partial charge in [0.05, 0.1) is 29.9 Å². The van der Waals surface area contributed by atoms with Crippen molar-refractivity contribution in [2.75, 3.05) is 7.11 Å². The van der Waals surface area contributed by atoms with Gasteiger partial charge in [0.25, 0.3) is 0 Å². The molecule has 6 aromatic rings. The van der Waals surface area contributed by atoms with Gasteiger partial charge >= 0.3 is 0 Å². The highest BCUT2D eigenvalue weighted by Crippen LogP contribution is 2.38. The Balaban J connectivity index is 0.000000211. The Kier molecular flexibility index (Phi) is 12.5. The van der Waals surface area contributed by atoms with Crippen molar-refractivity contribution in [2.24, 2.45) is 0 Å². The van der Waals surface area contributed by atoms with Crippen LogP contribution in [0.4, 0.5) is 0 Å². The molecule has 0 fully saturated rings. The molecule has 0 saturated carbocycles. The molecule has 286 valence electrons. The minimum atomic E-state index is -0.482. The number of pyridine rings is 2. The van der Waals surface area contributed by atoms with Crippen LogP contribution in [0.3, 0.4) is 0 Å². The first-order chi connectivity index (χ1) is 26.3. The molecule has 2 aromatic carbocycles. The molecule has 0 bridgehead atoms. The Morgan fingerprint density at radius 2 is 1.05 bits per heavy atom. The van der Waals surface area contributed by atoms with Crippen molar-refractivity contribution >= 4 is 11.6 Å². The molecule has 0 aliphatic rings. The summed E-state index contributed by atoms with van der Waals surface area (Å²) in [6, 6.07) is 17.5. The lowest BCUT2D eigenvalue weighted by atomic mass is 10.1. The van der Waals surface area contributed by atoms with Crippen molar-refractivity contribution in [3.63, 3.8) is 0 Å². The topological polar surface area (TPSA) is 184 Å². The molecule has 14 heteroatoms. The molecule has 3 N–H and O–H groups in total. The number of ketones is 2. The molecule has 14 nitrogen and oxygen atoms in total. The number of rotatable bonds is 13. The first-order valence-electron chi connectivity index (χ1n) is 17.5. The van der Waals surface area contributed by atoms with E-state index in [9.17, 15) is 24.9 Å². The molecule has 6 rings (SSSR count). The summed E-state index contributed by atoms with van der Waals surface area (Å²) >= 11 is 0. The number of Topliss-reactive ketones (excluding diaryl/α,β-unsaturated/α-hetero) is 2. The smallest absolute Gasteiger partial charge is 0.172 e. The van der Waals surface area contributed by atoms with E-state index in [-0.39, 0.29) is 71.0 Å². The van der Waals surface area contributed by atoms with Crippen molar-refractivity contribution in [3.05, 3.63) is 108 Å². The Bertz CT molecular complexity index is 2290. The SMILES string of the molecule is CC(=O)c1c(OCc2cccnc2-c2ccnn2C(C)C)ccc(O)c1O.COc1ccc(OCc2cccnc2-c2ccnn2C(C)C)c(C(C)=O)c1O. The van der Waals surface area contributed by atoms with Gasteiger partial charge in [0.1, 0.15) is 35.8 Å². The molecule has 0 unspecified atom stereocenters. The highest BCUT2D eigenvalue weighted by Gasteiger charge is 2.21. The molecular formula is C41H44N6O8. The zero-order valence-corrected chi connectivity index (χ0v) is 31.7. The van der Waals surface area contributed by atoms with Gasteiger partial charge in [-0.15, -0.1) is 0 Å². The summed E-state index contributed by atoms with van der Waals surface area (Å²) in [4.78, 5) is 32.8. The van der Waals surface area contributed by atoms with Crippen LogP contribution in [-0.2, 0) is 13.2 Å². The molecule has 0 aliphatic carbocycles. The average Bonchev–Trinajstić information content (AvgIpc) is 3.86. The largest absolute Gasteiger partial charge is 0.504 e. The van der Waals surface area contributed by atoms with Gasteiger partial charge in [-0.05, 0) is 90.1 Å². The van der Waals surface area contributed by atoms with Crippen molar-refractivity contribution < 1.29 is 39.1 Å². The van der Waals surface area contributed by atoms with Gasteiger partial charge in [0, 0.05) is 48.0 Å². The molecule has 55 heavy (non-hydrogen) atoms. The number of phenols is 3. The van der Waals surface area contributed by atoms with Crippen LogP contribution in [-0.4, -0.2) is 63.5 Å². The Labute approximate surface area is 318 Å². The minimum absolute atomic E-state index is 0.0485. The number of hydrogen-bond acceptors (Lipinski definition) is 12. The number of aromatic nitrogens is 6. The second-order valence-electron chi connectivity index (χ2n) is 13.0. The molecule has 4 aromatic heterocycles. The number of ether oxygens (including phenoxy) is 3. The maximum absolute atomic E-state index is 12.0. The van der Waals surface area contributed by atoms with E-state index >= 15 is 0 Å². The number of aromatic hydroxyl groups is 3.